The van der Waals surface area contributed by atoms with Gasteiger partial charge in [0, 0.05) is 20.3 Å². The van der Waals surface area contributed by atoms with Crippen LogP contribution in [0.5, 0.6) is 0 Å². The van der Waals surface area contributed by atoms with Crippen molar-refractivity contribution in [3.05, 3.63) is 0 Å². The Morgan fingerprint density at radius 2 is 1.61 bits per heavy atom. The normalized spacial score (nSPS) is 24.5. The molecular formula is C15H27NO7. The summed E-state index contributed by atoms with van der Waals surface area (Å²) in [6.07, 6.45) is -0.0892. The van der Waals surface area contributed by atoms with Gasteiger partial charge in [0.05, 0.1) is 32.5 Å². The first kappa shape index (κ1) is 19.8. The van der Waals surface area contributed by atoms with Crippen LogP contribution in [0, 0.1) is 0 Å². The van der Waals surface area contributed by atoms with Crippen molar-refractivity contribution in [2.24, 2.45) is 0 Å². The average Bonchev–Trinajstić information content (AvgIpc) is 2.46. The van der Waals surface area contributed by atoms with Crippen LogP contribution in [0.1, 0.15) is 40.5 Å². The van der Waals surface area contributed by atoms with Crippen molar-refractivity contribution in [3.63, 3.8) is 0 Å². The standard InChI is InChI=1S/C15H27NO7/c1-5-20-16(21-6-2)8-7-13-9-14(22-11(3)17)15(10-19-13)23-12(4)18/h13-15H,5-10H2,1-4H3. The molecule has 3 unspecified atom stereocenters. The fraction of sp³-hybridized carbons (Fsp3) is 0.867. The van der Waals surface area contributed by atoms with Gasteiger partial charge in [-0.05, 0) is 20.3 Å². The maximum Gasteiger partial charge on any atom is 0.303 e. The summed E-state index contributed by atoms with van der Waals surface area (Å²) in [4.78, 5) is 33.0. The van der Waals surface area contributed by atoms with Gasteiger partial charge in [-0.3, -0.25) is 19.3 Å². The van der Waals surface area contributed by atoms with Gasteiger partial charge in [0.15, 0.2) is 6.10 Å². The Morgan fingerprint density at radius 1 is 1.04 bits per heavy atom. The fourth-order valence-electron chi connectivity index (χ4n) is 2.38. The van der Waals surface area contributed by atoms with Gasteiger partial charge < -0.3 is 14.2 Å². The molecule has 0 saturated carbocycles. The Morgan fingerprint density at radius 3 is 2.13 bits per heavy atom. The summed E-state index contributed by atoms with van der Waals surface area (Å²) >= 11 is 0. The van der Waals surface area contributed by atoms with Crippen LogP contribution in [0.25, 0.3) is 0 Å². The number of hydroxylamine groups is 2. The number of hydrogen-bond acceptors (Lipinski definition) is 8. The van der Waals surface area contributed by atoms with Gasteiger partial charge in [-0.15, -0.1) is 0 Å². The van der Waals surface area contributed by atoms with Crippen molar-refractivity contribution in [1.29, 1.82) is 0 Å². The summed E-state index contributed by atoms with van der Waals surface area (Å²) in [5.74, 6) is -0.828. The molecule has 1 rings (SSSR count). The van der Waals surface area contributed by atoms with Gasteiger partial charge in [0.1, 0.15) is 6.10 Å². The molecule has 0 bridgehead atoms. The highest BCUT2D eigenvalue weighted by Crippen LogP contribution is 2.23. The Hall–Kier alpha value is -1.22. The van der Waals surface area contributed by atoms with E-state index in [1.807, 2.05) is 13.8 Å². The molecule has 0 radical (unpaired) electrons. The van der Waals surface area contributed by atoms with Crippen LogP contribution < -0.4 is 0 Å². The summed E-state index contributed by atoms with van der Waals surface area (Å²) in [7, 11) is 0. The van der Waals surface area contributed by atoms with Crippen molar-refractivity contribution in [2.75, 3.05) is 26.4 Å². The molecule has 1 fully saturated rings. The Bertz CT molecular complexity index is 371. The molecule has 8 nitrogen and oxygen atoms in total. The molecule has 1 saturated heterocycles. The monoisotopic (exact) mass is 333 g/mol. The Labute approximate surface area is 136 Å². The van der Waals surface area contributed by atoms with Crippen molar-refractivity contribution >= 4 is 11.9 Å². The highest BCUT2D eigenvalue weighted by molar-refractivity contribution is 5.67. The highest BCUT2D eigenvalue weighted by atomic mass is 16.9. The third kappa shape index (κ3) is 7.74. The number of hydrogen-bond donors (Lipinski definition) is 0. The second-order valence-electron chi connectivity index (χ2n) is 5.17. The van der Waals surface area contributed by atoms with Gasteiger partial charge in [-0.1, -0.05) is 5.23 Å². The van der Waals surface area contributed by atoms with E-state index in [9.17, 15) is 9.59 Å². The molecule has 0 amide bonds. The van der Waals surface area contributed by atoms with Gasteiger partial charge in [-0.25, -0.2) is 0 Å². The molecule has 1 aliphatic rings. The Kier molecular flexibility index (Phi) is 9.08. The zero-order chi connectivity index (χ0) is 17.2. The second-order valence-corrected chi connectivity index (χ2v) is 5.17. The number of carbonyl (C=O) groups is 2. The molecule has 0 N–H and O–H groups in total. The SMILES string of the molecule is CCON(CCC1CC(OC(C)=O)C(OC(C)=O)CO1)OCC. The van der Waals surface area contributed by atoms with Crippen LogP contribution in [0.3, 0.4) is 0 Å². The van der Waals surface area contributed by atoms with Gasteiger partial charge in [-0.2, -0.15) is 0 Å². The predicted molar refractivity (Wildman–Crippen MR) is 80.0 cm³/mol. The highest BCUT2D eigenvalue weighted by Gasteiger charge is 2.35. The lowest BCUT2D eigenvalue weighted by Crippen LogP contribution is -2.46. The molecule has 0 spiro atoms. The average molecular weight is 333 g/mol. The van der Waals surface area contributed by atoms with E-state index in [0.717, 1.165) is 0 Å². The molecule has 1 heterocycles. The molecule has 0 aromatic heterocycles. The van der Waals surface area contributed by atoms with Crippen molar-refractivity contribution in [2.45, 2.75) is 58.8 Å². The first-order valence-corrected chi connectivity index (χ1v) is 7.95. The summed E-state index contributed by atoms with van der Waals surface area (Å²) in [5.41, 5.74) is 0. The first-order chi connectivity index (χ1) is 11.0. The minimum absolute atomic E-state index is 0.130. The maximum absolute atomic E-state index is 11.2. The van der Waals surface area contributed by atoms with E-state index < -0.39 is 24.1 Å². The quantitative estimate of drug-likeness (QED) is 0.460. The third-order valence-corrected chi connectivity index (χ3v) is 3.22. The summed E-state index contributed by atoms with van der Waals surface area (Å²) in [6, 6.07) is 0. The summed E-state index contributed by atoms with van der Waals surface area (Å²) < 4.78 is 16.1. The predicted octanol–water partition coefficient (Wildman–Crippen LogP) is 1.23. The minimum atomic E-state index is -0.567. The topological polar surface area (TPSA) is 83.5 Å². The van der Waals surface area contributed by atoms with E-state index in [0.29, 0.717) is 32.6 Å². The lowest BCUT2D eigenvalue weighted by atomic mass is 10.0. The molecule has 3 atom stereocenters. The van der Waals surface area contributed by atoms with Gasteiger partial charge >= 0.3 is 11.9 Å². The lowest BCUT2D eigenvalue weighted by molar-refractivity contribution is -0.366. The van der Waals surface area contributed by atoms with E-state index in [1.165, 1.54) is 19.1 Å². The van der Waals surface area contributed by atoms with Crippen LogP contribution in [0.2, 0.25) is 0 Å². The van der Waals surface area contributed by atoms with Crippen LogP contribution in [0.4, 0.5) is 0 Å². The number of esters is 2. The molecular weight excluding hydrogens is 306 g/mol. The molecule has 8 heteroatoms. The van der Waals surface area contributed by atoms with E-state index in [-0.39, 0.29) is 12.7 Å². The van der Waals surface area contributed by atoms with E-state index >= 15 is 0 Å². The first-order valence-electron chi connectivity index (χ1n) is 7.95. The Balaban J connectivity index is 2.52. The van der Waals surface area contributed by atoms with E-state index in [4.69, 9.17) is 23.9 Å². The second kappa shape index (κ2) is 10.5. The molecule has 0 aromatic rings. The number of rotatable bonds is 9. The molecule has 1 aliphatic heterocycles. The molecule has 0 aromatic carbocycles. The van der Waals surface area contributed by atoms with Crippen molar-refractivity contribution in [1.82, 2.24) is 5.23 Å². The zero-order valence-corrected chi connectivity index (χ0v) is 14.3. The smallest absolute Gasteiger partial charge is 0.303 e. The molecule has 134 valence electrons. The van der Waals surface area contributed by atoms with Crippen LogP contribution in [-0.2, 0) is 33.5 Å². The van der Waals surface area contributed by atoms with Gasteiger partial charge in [0.25, 0.3) is 0 Å². The fourth-order valence-corrected chi connectivity index (χ4v) is 2.38. The van der Waals surface area contributed by atoms with Crippen LogP contribution >= 0.6 is 0 Å². The maximum atomic E-state index is 11.2. The largest absolute Gasteiger partial charge is 0.458 e. The third-order valence-electron chi connectivity index (χ3n) is 3.22. The van der Waals surface area contributed by atoms with Gasteiger partial charge in [0.2, 0.25) is 0 Å². The summed E-state index contributed by atoms with van der Waals surface area (Å²) in [5, 5.41) is 1.43. The number of nitrogens with zero attached hydrogens (tertiary/aromatic N) is 1. The van der Waals surface area contributed by atoms with E-state index in [1.54, 1.807) is 0 Å². The zero-order valence-electron chi connectivity index (χ0n) is 14.3. The molecule has 0 aliphatic carbocycles. The number of carbonyl (C=O) groups excluding carboxylic acids is 2. The van der Waals surface area contributed by atoms with E-state index in [2.05, 4.69) is 0 Å². The molecule has 23 heavy (non-hydrogen) atoms. The minimum Gasteiger partial charge on any atom is -0.458 e. The van der Waals surface area contributed by atoms with Crippen molar-refractivity contribution in [3.8, 4) is 0 Å². The number of ether oxygens (including phenoxy) is 3. The summed E-state index contributed by atoms with van der Waals surface area (Å²) in [6.45, 7) is 8.16. The van der Waals surface area contributed by atoms with Crippen LogP contribution in [-0.4, -0.2) is 61.8 Å². The lowest BCUT2D eigenvalue weighted by Gasteiger charge is -2.35. The van der Waals surface area contributed by atoms with Crippen LogP contribution in [0.15, 0.2) is 0 Å². The van der Waals surface area contributed by atoms with Crippen molar-refractivity contribution < 1.29 is 33.5 Å².